The first kappa shape index (κ1) is 15.7. The van der Waals surface area contributed by atoms with Crippen molar-refractivity contribution in [1.82, 2.24) is 0 Å². The molecule has 0 aliphatic heterocycles. The first-order chi connectivity index (χ1) is 9.49. The van der Waals surface area contributed by atoms with Crippen LogP contribution in [0.25, 0.3) is 0 Å². The number of hydrogen-bond acceptors (Lipinski definition) is 5. The van der Waals surface area contributed by atoms with Crippen LogP contribution in [0, 0.1) is 10.1 Å². The molecule has 0 aliphatic carbocycles. The van der Waals surface area contributed by atoms with Crippen molar-refractivity contribution in [3.8, 4) is 11.5 Å². The highest BCUT2D eigenvalue weighted by molar-refractivity contribution is 5.73. The van der Waals surface area contributed by atoms with E-state index in [1.165, 1.54) is 25.3 Å². The van der Waals surface area contributed by atoms with Crippen molar-refractivity contribution in [2.75, 3.05) is 7.11 Å². The fourth-order valence-electron chi connectivity index (χ4n) is 1.64. The number of ether oxygens (including phenoxy) is 2. The molecule has 0 fully saturated rings. The lowest BCUT2D eigenvalue weighted by molar-refractivity contribution is -0.386. The van der Waals surface area contributed by atoms with Crippen LogP contribution in [0.3, 0.4) is 0 Å². The van der Waals surface area contributed by atoms with Crippen molar-refractivity contribution >= 4 is 11.7 Å². The Morgan fingerprint density at radius 3 is 2.70 bits per heavy atom. The zero-order chi connectivity index (χ0) is 15.1. The van der Waals surface area contributed by atoms with Crippen molar-refractivity contribution in [3.05, 3.63) is 28.3 Å². The predicted molar refractivity (Wildman–Crippen MR) is 71.2 cm³/mol. The summed E-state index contributed by atoms with van der Waals surface area (Å²) in [6.07, 6.45) is 0.656. The van der Waals surface area contributed by atoms with Crippen molar-refractivity contribution in [1.29, 1.82) is 0 Å². The van der Waals surface area contributed by atoms with Crippen LogP contribution in [-0.4, -0.2) is 29.2 Å². The summed E-state index contributed by atoms with van der Waals surface area (Å²) in [5, 5.41) is 20.0. The van der Waals surface area contributed by atoms with Crippen molar-refractivity contribution in [3.63, 3.8) is 0 Å². The molecule has 0 bridgehead atoms. The summed E-state index contributed by atoms with van der Waals surface area (Å²) < 4.78 is 10.3. The summed E-state index contributed by atoms with van der Waals surface area (Å²) in [7, 11) is 1.41. The molecular formula is C13H17NO6. The van der Waals surface area contributed by atoms with Crippen LogP contribution in [0.2, 0.25) is 0 Å². The molecule has 7 nitrogen and oxygen atoms in total. The molecule has 1 N–H and O–H groups in total. The van der Waals surface area contributed by atoms with E-state index in [0.29, 0.717) is 18.6 Å². The van der Waals surface area contributed by atoms with Gasteiger partial charge in [0.05, 0.1) is 12.0 Å². The van der Waals surface area contributed by atoms with E-state index in [4.69, 9.17) is 14.6 Å². The maximum atomic E-state index is 11.1. The van der Waals surface area contributed by atoms with Crippen molar-refractivity contribution in [2.45, 2.75) is 32.3 Å². The summed E-state index contributed by atoms with van der Waals surface area (Å²) in [5.41, 5.74) is -0.284. The van der Waals surface area contributed by atoms with Crippen molar-refractivity contribution < 1.29 is 24.3 Å². The third-order valence-corrected chi connectivity index (χ3v) is 2.73. The van der Waals surface area contributed by atoms with E-state index in [1.807, 2.05) is 6.92 Å². The fourth-order valence-corrected chi connectivity index (χ4v) is 1.64. The molecule has 7 heteroatoms. The highest BCUT2D eigenvalue weighted by Gasteiger charge is 2.24. The number of carboxylic acids is 1. The number of nitro benzene ring substituents is 1. The van der Waals surface area contributed by atoms with Gasteiger partial charge in [0.15, 0.2) is 6.10 Å². The third kappa shape index (κ3) is 4.11. The maximum absolute atomic E-state index is 11.1. The minimum atomic E-state index is -1.14. The highest BCUT2D eigenvalue weighted by Crippen LogP contribution is 2.32. The number of carboxylic acid groups (broad SMARTS) is 1. The molecule has 0 saturated carbocycles. The summed E-state index contributed by atoms with van der Waals surface area (Å²) in [6.45, 7) is 1.92. The number of aliphatic carboxylic acids is 1. The number of rotatable bonds is 8. The molecule has 0 saturated heterocycles. The number of nitro groups is 1. The Labute approximate surface area is 116 Å². The molecule has 1 aromatic carbocycles. The summed E-state index contributed by atoms with van der Waals surface area (Å²) >= 11 is 0. The van der Waals surface area contributed by atoms with E-state index < -0.39 is 17.0 Å². The Hall–Kier alpha value is -2.31. The number of unbranched alkanes of at least 4 members (excludes halogenated alkanes) is 1. The van der Waals surface area contributed by atoms with Gasteiger partial charge in [0.25, 0.3) is 0 Å². The summed E-state index contributed by atoms with van der Waals surface area (Å²) in [5.74, 6) is -0.876. The maximum Gasteiger partial charge on any atom is 0.344 e. The Kier molecular flexibility index (Phi) is 5.76. The van der Waals surface area contributed by atoms with Gasteiger partial charge in [0.2, 0.25) is 5.75 Å². The van der Waals surface area contributed by atoms with Crippen molar-refractivity contribution in [2.24, 2.45) is 0 Å². The standard InChI is InChI=1S/C13H17NO6/c1-3-4-5-11(13(15)16)20-12-8-9(19-2)6-7-10(12)14(17)18/h6-8,11H,3-5H2,1-2H3,(H,15,16). The molecule has 0 amide bonds. The number of carbonyl (C=O) groups is 1. The molecule has 1 rings (SSSR count). The SMILES string of the molecule is CCCCC(Oc1cc(OC)ccc1[N+](=O)[O-])C(=O)O. The van der Waals surface area contributed by atoms with Crippen LogP contribution >= 0.6 is 0 Å². The molecule has 0 aromatic heterocycles. The average Bonchev–Trinajstić information content (AvgIpc) is 2.42. The summed E-state index contributed by atoms with van der Waals surface area (Å²) in [4.78, 5) is 21.4. The molecule has 1 atom stereocenters. The summed E-state index contributed by atoms with van der Waals surface area (Å²) in [6, 6.07) is 3.97. The lowest BCUT2D eigenvalue weighted by atomic mass is 10.1. The van der Waals surface area contributed by atoms with E-state index in [0.717, 1.165) is 6.42 Å². The quantitative estimate of drug-likeness (QED) is 0.581. The second-order valence-corrected chi connectivity index (χ2v) is 4.18. The van der Waals surface area contributed by atoms with Gasteiger partial charge in [-0.2, -0.15) is 0 Å². The van der Waals surface area contributed by atoms with Gasteiger partial charge in [-0.15, -0.1) is 0 Å². The minimum absolute atomic E-state index is 0.0992. The van der Waals surface area contributed by atoms with Crippen LogP contribution in [0.4, 0.5) is 5.69 Å². The van der Waals surface area contributed by atoms with Gasteiger partial charge in [-0.1, -0.05) is 13.3 Å². The molecule has 0 aliphatic rings. The van der Waals surface area contributed by atoms with E-state index in [2.05, 4.69) is 0 Å². The second-order valence-electron chi connectivity index (χ2n) is 4.18. The van der Waals surface area contributed by atoms with Gasteiger partial charge in [0.1, 0.15) is 5.75 Å². The number of hydrogen-bond donors (Lipinski definition) is 1. The normalized spacial score (nSPS) is 11.7. The molecule has 110 valence electrons. The third-order valence-electron chi connectivity index (χ3n) is 2.73. The zero-order valence-corrected chi connectivity index (χ0v) is 11.4. The second kappa shape index (κ2) is 7.32. The monoisotopic (exact) mass is 283 g/mol. The van der Waals surface area contributed by atoms with Crippen LogP contribution in [0.15, 0.2) is 18.2 Å². The Morgan fingerprint density at radius 2 is 2.20 bits per heavy atom. The molecule has 0 spiro atoms. The smallest absolute Gasteiger partial charge is 0.344 e. The van der Waals surface area contributed by atoms with Crippen LogP contribution < -0.4 is 9.47 Å². The van der Waals surface area contributed by atoms with E-state index >= 15 is 0 Å². The highest BCUT2D eigenvalue weighted by atomic mass is 16.6. The van der Waals surface area contributed by atoms with Gasteiger partial charge in [-0.05, 0) is 18.9 Å². The number of benzene rings is 1. The van der Waals surface area contributed by atoms with E-state index in [1.54, 1.807) is 0 Å². The molecule has 20 heavy (non-hydrogen) atoms. The van der Waals surface area contributed by atoms with Gasteiger partial charge in [-0.3, -0.25) is 10.1 Å². The molecule has 0 radical (unpaired) electrons. The Morgan fingerprint density at radius 1 is 1.50 bits per heavy atom. The molecule has 1 aromatic rings. The van der Waals surface area contributed by atoms with Crippen LogP contribution in [-0.2, 0) is 4.79 Å². The molecular weight excluding hydrogens is 266 g/mol. The lowest BCUT2D eigenvalue weighted by Gasteiger charge is -2.15. The lowest BCUT2D eigenvalue weighted by Crippen LogP contribution is -2.27. The number of methoxy groups -OCH3 is 1. The van der Waals surface area contributed by atoms with E-state index in [-0.39, 0.29) is 11.4 Å². The van der Waals surface area contributed by atoms with Crippen LogP contribution in [0.5, 0.6) is 11.5 Å². The minimum Gasteiger partial charge on any atom is -0.497 e. The van der Waals surface area contributed by atoms with Gasteiger partial charge < -0.3 is 14.6 Å². The first-order valence-corrected chi connectivity index (χ1v) is 6.21. The molecule has 1 unspecified atom stereocenters. The predicted octanol–water partition coefficient (Wildman–Crippen LogP) is 2.63. The molecule has 0 heterocycles. The fraction of sp³-hybridized carbons (Fsp3) is 0.462. The van der Waals surface area contributed by atoms with Gasteiger partial charge >= 0.3 is 11.7 Å². The first-order valence-electron chi connectivity index (χ1n) is 6.21. The van der Waals surface area contributed by atoms with Gasteiger partial charge in [0, 0.05) is 12.1 Å². The van der Waals surface area contributed by atoms with Gasteiger partial charge in [-0.25, -0.2) is 4.79 Å². The van der Waals surface area contributed by atoms with Crippen LogP contribution in [0.1, 0.15) is 26.2 Å². The average molecular weight is 283 g/mol. The van der Waals surface area contributed by atoms with E-state index in [9.17, 15) is 14.9 Å². The topological polar surface area (TPSA) is 98.9 Å². The largest absolute Gasteiger partial charge is 0.497 e. The number of nitrogens with zero attached hydrogens (tertiary/aromatic N) is 1. The zero-order valence-electron chi connectivity index (χ0n) is 11.4. The Balaban J connectivity index is 3.02. The Bertz CT molecular complexity index is 488.